The van der Waals surface area contributed by atoms with Crippen LogP contribution in [0.2, 0.25) is 0 Å². The average molecular weight is 854 g/mol. The lowest BCUT2D eigenvalue weighted by Crippen LogP contribution is -2.49. The molecule has 13 rings (SSSR count). The SMILES string of the molecule is C[C@@H]1CC2C[C@H](C1)[C@@]1(c3ccccc3-c3ccc(-c4cccc(N(c5cccc(-c6ccccc6)c5)c5cccc(-c6ccc7c(c6)C6(CCCCC6)c6ccccc6-7)c5)c4)cc31)[C@@H](C)C2. The number of anilines is 3. The van der Waals surface area contributed by atoms with Gasteiger partial charge in [-0.2, -0.15) is 0 Å². The molecule has 324 valence electrons. The van der Waals surface area contributed by atoms with E-state index >= 15 is 0 Å². The van der Waals surface area contributed by atoms with Crippen molar-refractivity contribution in [3.63, 3.8) is 0 Å². The fourth-order valence-electron chi connectivity index (χ4n) is 14.8. The standard InChI is InChI=1S/C65H59N/c1-43-34-45-36-44(2)65(52(35-43)37-45)61-27-10-8-25-57(61)59-31-29-51(42-63(59)65)49-20-15-23-55(40-49)66(53-21-13-18-47(38-53)46-16-5-3-6-17-46)54-22-14-19-48(39-54)50-28-30-58-56-24-7-9-26-60(56)64(62(58)41-50)32-11-4-12-33-64/h3,5-10,13-31,38-45,52H,4,11-12,32-37H2,1-2H3/t43-,44+,45?,52+,65-/m1/s1. The summed E-state index contributed by atoms with van der Waals surface area (Å²) in [7, 11) is 0. The molecule has 5 atom stereocenters. The smallest absolute Gasteiger partial charge is 0.0467 e. The number of benzene rings is 8. The second-order valence-electron chi connectivity index (χ2n) is 21.0. The molecule has 5 aliphatic rings. The minimum absolute atomic E-state index is 0.0616. The van der Waals surface area contributed by atoms with Crippen molar-refractivity contribution in [1.82, 2.24) is 0 Å². The van der Waals surface area contributed by atoms with Crippen LogP contribution in [0.5, 0.6) is 0 Å². The summed E-state index contributed by atoms with van der Waals surface area (Å²) in [4.78, 5) is 2.49. The first-order valence-corrected chi connectivity index (χ1v) is 25.1. The van der Waals surface area contributed by atoms with Gasteiger partial charge in [0.25, 0.3) is 0 Å². The number of hydrogen-bond donors (Lipinski definition) is 0. The Balaban J connectivity index is 0.934. The normalized spacial score (nSPS) is 22.9. The summed E-state index contributed by atoms with van der Waals surface area (Å²) >= 11 is 0. The van der Waals surface area contributed by atoms with Gasteiger partial charge in [0.15, 0.2) is 0 Å². The van der Waals surface area contributed by atoms with Gasteiger partial charge in [-0.25, -0.2) is 0 Å². The molecule has 0 saturated heterocycles. The molecule has 0 heterocycles. The van der Waals surface area contributed by atoms with Crippen LogP contribution in [-0.2, 0) is 10.8 Å². The predicted octanol–water partition coefficient (Wildman–Crippen LogP) is 17.7. The van der Waals surface area contributed by atoms with Crippen LogP contribution in [-0.4, -0.2) is 0 Å². The second kappa shape index (κ2) is 15.6. The molecule has 0 radical (unpaired) electrons. The topological polar surface area (TPSA) is 3.24 Å². The third-order valence-electron chi connectivity index (χ3n) is 17.3. The van der Waals surface area contributed by atoms with Gasteiger partial charge in [0.05, 0.1) is 0 Å². The van der Waals surface area contributed by atoms with E-state index in [1.54, 1.807) is 16.7 Å². The molecule has 1 nitrogen and oxygen atoms in total. The number of rotatable bonds is 6. The lowest BCUT2D eigenvalue weighted by molar-refractivity contribution is 0.0426. The highest BCUT2D eigenvalue weighted by Gasteiger charge is 2.56. The van der Waals surface area contributed by atoms with E-state index in [0.29, 0.717) is 11.8 Å². The molecule has 2 spiro atoms. The van der Waals surface area contributed by atoms with Crippen LogP contribution >= 0.6 is 0 Å². The van der Waals surface area contributed by atoms with Crippen LogP contribution in [0.3, 0.4) is 0 Å². The summed E-state index contributed by atoms with van der Waals surface area (Å²) in [5, 5.41) is 0. The van der Waals surface area contributed by atoms with E-state index in [0.717, 1.165) is 28.9 Å². The first kappa shape index (κ1) is 39.9. The average Bonchev–Trinajstić information content (AvgIpc) is 3.81. The minimum atomic E-state index is 0.0616. The van der Waals surface area contributed by atoms with Gasteiger partial charge < -0.3 is 4.90 Å². The molecular weight excluding hydrogens is 795 g/mol. The Bertz CT molecular complexity index is 3150. The van der Waals surface area contributed by atoms with Crippen LogP contribution in [0.25, 0.3) is 55.6 Å². The quantitative estimate of drug-likeness (QED) is 0.161. The van der Waals surface area contributed by atoms with E-state index in [2.05, 4.69) is 207 Å². The summed E-state index contributed by atoms with van der Waals surface area (Å²) in [6, 6.07) is 72.1. The van der Waals surface area contributed by atoms with Crippen LogP contribution < -0.4 is 4.90 Å². The maximum absolute atomic E-state index is 2.62. The summed E-state index contributed by atoms with van der Waals surface area (Å²) in [6.07, 6.45) is 11.8. The molecule has 0 N–H and O–H groups in total. The molecule has 3 saturated carbocycles. The van der Waals surface area contributed by atoms with Crippen molar-refractivity contribution >= 4 is 17.1 Å². The molecular formula is C65H59N. The second-order valence-corrected chi connectivity index (χ2v) is 21.0. The van der Waals surface area contributed by atoms with E-state index < -0.39 is 0 Å². The van der Waals surface area contributed by atoms with Crippen molar-refractivity contribution in [2.24, 2.45) is 23.7 Å². The van der Waals surface area contributed by atoms with Crippen molar-refractivity contribution in [3.05, 3.63) is 210 Å². The van der Waals surface area contributed by atoms with E-state index in [1.807, 2.05) is 0 Å². The van der Waals surface area contributed by atoms with Gasteiger partial charge in [0.1, 0.15) is 0 Å². The molecule has 1 unspecified atom stereocenters. The number of fused-ring (bicyclic) bond motifs is 13. The third-order valence-corrected chi connectivity index (χ3v) is 17.3. The largest absolute Gasteiger partial charge is 0.310 e. The van der Waals surface area contributed by atoms with Gasteiger partial charge in [0.2, 0.25) is 0 Å². The number of hydrogen-bond acceptors (Lipinski definition) is 1. The molecule has 0 aromatic heterocycles. The fourth-order valence-corrected chi connectivity index (χ4v) is 14.8. The lowest BCUT2D eigenvalue weighted by Gasteiger charge is -2.54. The zero-order valence-corrected chi connectivity index (χ0v) is 38.5. The van der Waals surface area contributed by atoms with Gasteiger partial charge >= 0.3 is 0 Å². The van der Waals surface area contributed by atoms with Crippen LogP contribution in [0.4, 0.5) is 17.1 Å². The van der Waals surface area contributed by atoms with Crippen LogP contribution in [0.15, 0.2) is 188 Å². The molecule has 0 amide bonds. The maximum Gasteiger partial charge on any atom is 0.0467 e. The molecule has 1 heteroatoms. The summed E-state index contributed by atoms with van der Waals surface area (Å²) in [5.41, 5.74) is 23.2. The monoisotopic (exact) mass is 853 g/mol. The van der Waals surface area contributed by atoms with Crippen molar-refractivity contribution in [2.75, 3.05) is 4.90 Å². The van der Waals surface area contributed by atoms with Gasteiger partial charge in [-0.05, 0) is 189 Å². The Morgan fingerprint density at radius 1 is 0.379 bits per heavy atom. The third kappa shape index (κ3) is 6.11. The minimum Gasteiger partial charge on any atom is -0.310 e. The zero-order valence-electron chi connectivity index (χ0n) is 38.5. The maximum atomic E-state index is 2.62. The van der Waals surface area contributed by atoms with Crippen molar-refractivity contribution < 1.29 is 0 Å². The molecule has 8 aromatic rings. The first-order chi connectivity index (χ1) is 32.5. The molecule has 0 aliphatic heterocycles. The first-order valence-electron chi connectivity index (χ1n) is 25.1. The van der Waals surface area contributed by atoms with Crippen molar-refractivity contribution in [1.29, 1.82) is 0 Å². The van der Waals surface area contributed by atoms with E-state index in [4.69, 9.17) is 0 Å². The summed E-state index contributed by atoms with van der Waals surface area (Å²) < 4.78 is 0. The molecule has 2 bridgehead atoms. The summed E-state index contributed by atoms with van der Waals surface area (Å²) in [5.74, 6) is 2.92. The van der Waals surface area contributed by atoms with Gasteiger partial charge in [-0.3, -0.25) is 0 Å². The fraction of sp³-hybridized carbons (Fsp3) is 0.262. The lowest BCUT2D eigenvalue weighted by atomic mass is 9.49. The van der Waals surface area contributed by atoms with Crippen molar-refractivity contribution in [3.8, 4) is 55.6 Å². The molecule has 3 fully saturated rings. The Morgan fingerprint density at radius 2 is 0.879 bits per heavy atom. The van der Waals surface area contributed by atoms with E-state index in [-0.39, 0.29) is 10.8 Å². The highest BCUT2D eigenvalue weighted by molar-refractivity contribution is 5.89. The highest BCUT2D eigenvalue weighted by Crippen LogP contribution is 2.65. The molecule has 66 heavy (non-hydrogen) atoms. The Hall–Kier alpha value is -6.44. The zero-order chi connectivity index (χ0) is 44.0. The molecule has 5 aliphatic carbocycles. The Labute approximate surface area is 392 Å². The van der Waals surface area contributed by atoms with E-state index in [9.17, 15) is 0 Å². The van der Waals surface area contributed by atoms with Gasteiger partial charge in [0, 0.05) is 27.9 Å². The highest BCUT2D eigenvalue weighted by atomic mass is 15.1. The Morgan fingerprint density at radius 3 is 1.53 bits per heavy atom. The predicted molar refractivity (Wildman–Crippen MR) is 277 cm³/mol. The number of nitrogens with zero attached hydrogens (tertiary/aromatic N) is 1. The Kier molecular flexibility index (Phi) is 9.42. The van der Waals surface area contributed by atoms with E-state index in [1.165, 1.54) is 119 Å². The summed E-state index contributed by atoms with van der Waals surface area (Å²) in [6.45, 7) is 5.10. The molecule has 8 aromatic carbocycles. The van der Waals surface area contributed by atoms with Gasteiger partial charge in [-0.15, -0.1) is 0 Å². The van der Waals surface area contributed by atoms with Crippen LogP contribution in [0.1, 0.15) is 93.9 Å². The van der Waals surface area contributed by atoms with Crippen LogP contribution in [0, 0.1) is 23.7 Å². The van der Waals surface area contributed by atoms with Crippen molar-refractivity contribution in [2.45, 2.75) is 82.5 Å². The van der Waals surface area contributed by atoms with Gasteiger partial charge in [-0.1, -0.05) is 173 Å².